The molecule has 0 aliphatic carbocycles. The van der Waals surface area contributed by atoms with E-state index in [-0.39, 0.29) is 0 Å². The molecule has 0 heterocycles. The highest BCUT2D eigenvalue weighted by molar-refractivity contribution is 4.66. The van der Waals surface area contributed by atoms with E-state index >= 15 is 0 Å². The summed E-state index contributed by atoms with van der Waals surface area (Å²) in [4.78, 5) is 0. The predicted molar refractivity (Wildman–Crippen MR) is 125 cm³/mol. The quantitative estimate of drug-likeness (QED) is 0.196. The lowest BCUT2D eigenvalue weighted by Gasteiger charge is -2.44. The molecule has 0 aromatic heterocycles. The molecule has 0 spiro atoms. The SMILES string of the molecule is CCCCC(CC)C[N+](CC)(CC(CC)CCCC)CC(CC)CCCC. The molecule has 0 saturated carbocycles. The molecule has 0 aromatic carbocycles. The summed E-state index contributed by atoms with van der Waals surface area (Å²) >= 11 is 0. The fourth-order valence-electron chi connectivity index (χ4n) is 5.01. The third-order valence-corrected chi connectivity index (χ3v) is 7.24. The van der Waals surface area contributed by atoms with Gasteiger partial charge in [0.05, 0.1) is 26.2 Å². The van der Waals surface area contributed by atoms with Crippen LogP contribution in [0.1, 0.15) is 126 Å². The lowest BCUT2D eigenvalue weighted by Crippen LogP contribution is -2.55. The van der Waals surface area contributed by atoms with Gasteiger partial charge in [-0.05, 0) is 45.4 Å². The monoisotopic (exact) mass is 382 g/mol. The minimum Gasteiger partial charge on any atom is -0.323 e. The number of nitrogens with zero attached hydrogens (tertiary/aromatic N) is 1. The molecule has 0 aromatic rings. The summed E-state index contributed by atoms with van der Waals surface area (Å²) in [5, 5.41) is 0. The van der Waals surface area contributed by atoms with E-state index in [1.165, 1.54) is 108 Å². The minimum absolute atomic E-state index is 0.928. The molecule has 0 bridgehead atoms. The first-order valence-corrected chi connectivity index (χ1v) is 12.9. The van der Waals surface area contributed by atoms with Crippen LogP contribution in [-0.4, -0.2) is 30.7 Å². The molecule has 0 rings (SSSR count). The second-order valence-electron chi connectivity index (χ2n) is 9.46. The number of unbranched alkanes of at least 4 members (excludes halogenated alkanes) is 3. The van der Waals surface area contributed by atoms with Gasteiger partial charge in [-0.25, -0.2) is 0 Å². The molecule has 0 fully saturated rings. The molecular formula is C26H56N+. The molecule has 0 amide bonds. The molecule has 0 saturated heterocycles. The van der Waals surface area contributed by atoms with Gasteiger partial charge in [0.15, 0.2) is 0 Å². The fourth-order valence-corrected chi connectivity index (χ4v) is 5.01. The van der Waals surface area contributed by atoms with E-state index < -0.39 is 0 Å². The van der Waals surface area contributed by atoms with Crippen LogP contribution < -0.4 is 0 Å². The molecular weight excluding hydrogens is 326 g/mol. The van der Waals surface area contributed by atoms with E-state index in [0.29, 0.717) is 0 Å². The van der Waals surface area contributed by atoms with Gasteiger partial charge >= 0.3 is 0 Å². The largest absolute Gasteiger partial charge is 0.323 e. The molecule has 164 valence electrons. The van der Waals surface area contributed by atoms with E-state index in [1.54, 1.807) is 0 Å². The Morgan fingerprint density at radius 2 is 0.778 bits per heavy atom. The Morgan fingerprint density at radius 1 is 0.481 bits per heavy atom. The van der Waals surface area contributed by atoms with Crippen molar-refractivity contribution in [1.82, 2.24) is 0 Å². The van der Waals surface area contributed by atoms with Gasteiger partial charge in [-0.1, -0.05) is 80.1 Å². The zero-order valence-electron chi connectivity index (χ0n) is 20.5. The van der Waals surface area contributed by atoms with Crippen LogP contribution in [0, 0.1) is 17.8 Å². The van der Waals surface area contributed by atoms with Gasteiger partial charge in [0.2, 0.25) is 0 Å². The van der Waals surface area contributed by atoms with Gasteiger partial charge in [-0.2, -0.15) is 0 Å². The van der Waals surface area contributed by atoms with Crippen LogP contribution in [0.3, 0.4) is 0 Å². The summed E-state index contributed by atoms with van der Waals surface area (Å²) in [5.41, 5.74) is 0. The van der Waals surface area contributed by atoms with Crippen LogP contribution in [0.25, 0.3) is 0 Å². The minimum atomic E-state index is 0.928. The number of quaternary nitrogens is 1. The maximum Gasteiger partial charge on any atom is 0.0815 e. The molecule has 0 aliphatic heterocycles. The summed E-state index contributed by atoms with van der Waals surface area (Å²) in [6, 6.07) is 0. The topological polar surface area (TPSA) is 0 Å². The maximum atomic E-state index is 2.49. The normalized spacial score (nSPS) is 17.4. The summed E-state index contributed by atoms with van der Waals surface area (Å²) in [7, 11) is 0. The average molecular weight is 383 g/mol. The van der Waals surface area contributed by atoms with Crippen molar-refractivity contribution < 1.29 is 4.48 Å². The highest BCUT2D eigenvalue weighted by Gasteiger charge is 2.33. The highest BCUT2D eigenvalue weighted by atomic mass is 15.4. The molecule has 27 heavy (non-hydrogen) atoms. The van der Waals surface area contributed by atoms with Crippen molar-refractivity contribution >= 4 is 0 Å². The van der Waals surface area contributed by atoms with Gasteiger partial charge in [-0.3, -0.25) is 0 Å². The van der Waals surface area contributed by atoms with Crippen LogP contribution in [0.5, 0.6) is 0 Å². The molecule has 0 N–H and O–H groups in total. The number of rotatable bonds is 19. The summed E-state index contributed by atoms with van der Waals surface area (Å²) in [6.45, 7) is 22.5. The molecule has 0 radical (unpaired) electrons. The van der Waals surface area contributed by atoms with Gasteiger partial charge < -0.3 is 4.48 Å². The molecule has 3 atom stereocenters. The van der Waals surface area contributed by atoms with Gasteiger partial charge in [0.1, 0.15) is 0 Å². The standard InChI is InChI=1S/C26H56N/c1-8-15-18-24(11-4)21-27(14-7,22-25(12-5)19-16-9-2)23-26(13-6)20-17-10-3/h24-26H,8-23H2,1-7H3/q+1. The second kappa shape index (κ2) is 16.9. The van der Waals surface area contributed by atoms with Crippen molar-refractivity contribution in [1.29, 1.82) is 0 Å². The van der Waals surface area contributed by atoms with Gasteiger partial charge in [0, 0.05) is 17.8 Å². The van der Waals surface area contributed by atoms with Crippen molar-refractivity contribution in [3.05, 3.63) is 0 Å². The van der Waals surface area contributed by atoms with E-state index in [2.05, 4.69) is 48.5 Å². The lowest BCUT2D eigenvalue weighted by atomic mass is 9.90. The maximum absolute atomic E-state index is 2.49. The van der Waals surface area contributed by atoms with E-state index in [4.69, 9.17) is 0 Å². The Morgan fingerprint density at radius 3 is 0.963 bits per heavy atom. The molecule has 1 heteroatoms. The van der Waals surface area contributed by atoms with Crippen LogP contribution in [0.15, 0.2) is 0 Å². The average Bonchev–Trinajstić information content (AvgIpc) is 2.70. The van der Waals surface area contributed by atoms with Crippen LogP contribution in [0.4, 0.5) is 0 Å². The first kappa shape index (κ1) is 27.0. The van der Waals surface area contributed by atoms with Gasteiger partial charge in [0.25, 0.3) is 0 Å². The van der Waals surface area contributed by atoms with E-state index in [1.807, 2.05) is 0 Å². The van der Waals surface area contributed by atoms with Crippen molar-refractivity contribution in [2.75, 3.05) is 26.2 Å². The second-order valence-corrected chi connectivity index (χ2v) is 9.46. The zero-order valence-corrected chi connectivity index (χ0v) is 20.5. The number of hydrogen-bond donors (Lipinski definition) is 0. The van der Waals surface area contributed by atoms with Crippen LogP contribution in [-0.2, 0) is 0 Å². The Balaban J connectivity index is 5.35. The Bertz CT molecular complexity index is 266. The zero-order chi connectivity index (χ0) is 20.5. The van der Waals surface area contributed by atoms with Crippen molar-refractivity contribution in [2.45, 2.75) is 126 Å². The van der Waals surface area contributed by atoms with Crippen LogP contribution >= 0.6 is 0 Å². The predicted octanol–water partition coefficient (Wildman–Crippen LogP) is 8.47. The van der Waals surface area contributed by atoms with E-state index in [9.17, 15) is 0 Å². The molecule has 1 nitrogen and oxygen atoms in total. The first-order chi connectivity index (χ1) is 13.0. The Kier molecular flexibility index (Phi) is 16.8. The van der Waals surface area contributed by atoms with Crippen molar-refractivity contribution in [2.24, 2.45) is 17.8 Å². The van der Waals surface area contributed by atoms with E-state index in [0.717, 1.165) is 17.8 Å². The highest BCUT2D eigenvalue weighted by Crippen LogP contribution is 2.28. The summed E-state index contributed by atoms with van der Waals surface area (Å²) < 4.78 is 1.41. The summed E-state index contributed by atoms with van der Waals surface area (Å²) in [5.74, 6) is 2.78. The third-order valence-electron chi connectivity index (χ3n) is 7.24. The van der Waals surface area contributed by atoms with Crippen molar-refractivity contribution in [3.63, 3.8) is 0 Å². The first-order valence-electron chi connectivity index (χ1n) is 12.9. The lowest BCUT2D eigenvalue weighted by molar-refractivity contribution is -0.936. The smallest absolute Gasteiger partial charge is 0.0815 e. The fraction of sp³-hybridized carbons (Fsp3) is 1.00. The third kappa shape index (κ3) is 11.5. The van der Waals surface area contributed by atoms with Crippen molar-refractivity contribution in [3.8, 4) is 0 Å². The van der Waals surface area contributed by atoms with Gasteiger partial charge in [-0.15, -0.1) is 0 Å². The van der Waals surface area contributed by atoms with Crippen LogP contribution in [0.2, 0.25) is 0 Å². The molecule has 0 aliphatic rings. The molecule has 3 unspecified atom stereocenters. The Hall–Kier alpha value is -0.0400. The summed E-state index contributed by atoms with van der Waals surface area (Å²) in [6.07, 6.45) is 16.8. The number of hydrogen-bond acceptors (Lipinski definition) is 0. The Labute approximate surface area is 174 Å².